The SMILES string of the molecule is CC1CCC(C)(C(C)C)C1. The van der Waals surface area contributed by atoms with Crippen LogP contribution in [0.1, 0.15) is 47.0 Å². The van der Waals surface area contributed by atoms with Gasteiger partial charge in [0, 0.05) is 0 Å². The molecule has 1 aliphatic rings. The average Bonchev–Trinajstić information content (AvgIpc) is 2.13. The summed E-state index contributed by atoms with van der Waals surface area (Å²) in [6.07, 6.45) is 4.35. The summed E-state index contributed by atoms with van der Waals surface area (Å²) in [7, 11) is 0. The van der Waals surface area contributed by atoms with Crippen molar-refractivity contribution in [2.45, 2.75) is 47.0 Å². The fourth-order valence-corrected chi connectivity index (χ4v) is 2.10. The fourth-order valence-electron chi connectivity index (χ4n) is 2.10. The Hall–Kier alpha value is 0. The van der Waals surface area contributed by atoms with Gasteiger partial charge in [-0.3, -0.25) is 0 Å². The van der Waals surface area contributed by atoms with Crippen LogP contribution in [-0.4, -0.2) is 0 Å². The Bertz CT molecular complexity index is 115. The molecule has 0 saturated heterocycles. The van der Waals surface area contributed by atoms with Crippen molar-refractivity contribution in [2.75, 3.05) is 0 Å². The summed E-state index contributed by atoms with van der Waals surface area (Å²) in [6, 6.07) is 0. The second-order valence-electron chi connectivity index (χ2n) is 4.66. The van der Waals surface area contributed by atoms with Crippen LogP contribution >= 0.6 is 0 Å². The van der Waals surface area contributed by atoms with Crippen LogP contribution in [0, 0.1) is 17.3 Å². The highest BCUT2D eigenvalue weighted by atomic mass is 14.4. The van der Waals surface area contributed by atoms with Crippen molar-refractivity contribution in [3.8, 4) is 0 Å². The molecule has 60 valence electrons. The molecular weight excluding hydrogens is 120 g/mol. The molecule has 1 aliphatic carbocycles. The first kappa shape index (κ1) is 8.10. The maximum atomic E-state index is 2.45. The van der Waals surface area contributed by atoms with E-state index in [1.165, 1.54) is 19.3 Å². The lowest BCUT2D eigenvalue weighted by Gasteiger charge is -2.28. The monoisotopic (exact) mass is 140 g/mol. The van der Waals surface area contributed by atoms with Gasteiger partial charge in [-0.15, -0.1) is 0 Å². The van der Waals surface area contributed by atoms with Crippen molar-refractivity contribution in [2.24, 2.45) is 17.3 Å². The maximum Gasteiger partial charge on any atom is -0.0300 e. The molecule has 2 atom stereocenters. The van der Waals surface area contributed by atoms with Crippen molar-refractivity contribution in [1.29, 1.82) is 0 Å². The summed E-state index contributed by atoms with van der Waals surface area (Å²) in [5.74, 6) is 1.85. The Morgan fingerprint density at radius 2 is 2.00 bits per heavy atom. The molecule has 0 N–H and O–H groups in total. The number of hydrogen-bond acceptors (Lipinski definition) is 0. The normalized spacial score (nSPS) is 41.1. The van der Waals surface area contributed by atoms with Crippen LogP contribution in [0.15, 0.2) is 0 Å². The second kappa shape index (κ2) is 2.56. The summed E-state index contributed by atoms with van der Waals surface area (Å²) >= 11 is 0. The molecule has 2 unspecified atom stereocenters. The molecule has 10 heavy (non-hydrogen) atoms. The van der Waals surface area contributed by atoms with Gasteiger partial charge < -0.3 is 0 Å². The minimum atomic E-state index is 0.666. The van der Waals surface area contributed by atoms with Gasteiger partial charge in [0.25, 0.3) is 0 Å². The van der Waals surface area contributed by atoms with Crippen molar-refractivity contribution in [3.63, 3.8) is 0 Å². The Balaban J connectivity index is 2.54. The predicted octanol–water partition coefficient (Wildman–Crippen LogP) is 3.47. The van der Waals surface area contributed by atoms with Gasteiger partial charge in [0.2, 0.25) is 0 Å². The van der Waals surface area contributed by atoms with E-state index in [0.717, 1.165) is 11.8 Å². The number of rotatable bonds is 1. The van der Waals surface area contributed by atoms with Crippen molar-refractivity contribution < 1.29 is 0 Å². The van der Waals surface area contributed by atoms with Crippen LogP contribution in [0.4, 0.5) is 0 Å². The van der Waals surface area contributed by atoms with Gasteiger partial charge >= 0.3 is 0 Å². The van der Waals surface area contributed by atoms with Gasteiger partial charge in [0.1, 0.15) is 0 Å². The molecule has 0 heterocycles. The zero-order chi connectivity index (χ0) is 7.78. The zero-order valence-electron chi connectivity index (χ0n) is 7.78. The van der Waals surface area contributed by atoms with E-state index in [1.807, 2.05) is 0 Å². The van der Waals surface area contributed by atoms with E-state index in [-0.39, 0.29) is 0 Å². The van der Waals surface area contributed by atoms with Crippen molar-refractivity contribution >= 4 is 0 Å². The van der Waals surface area contributed by atoms with Crippen molar-refractivity contribution in [1.82, 2.24) is 0 Å². The van der Waals surface area contributed by atoms with E-state index >= 15 is 0 Å². The lowest BCUT2D eigenvalue weighted by Crippen LogP contribution is -2.19. The highest BCUT2D eigenvalue weighted by Crippen LogP contribution is 2.46. The average molecular weight is 140 g/mol. The molecule has 0 nitrogen and oxygen atoms in total. The molecule has 0 aromatic carbocycles. The first-order valence-electron chi connectivity index (χ1n) is 4.54. The quantitative estimate of drug-likeness (QED) is 0.523. The summed E-state index contributed by atoms with van der Waals surface area (Å²) in [6.45, 7) is 9.55. The van der Waals surface area contributed by atoms with Crippen LogP contribution in [-0.2, 0) is 0 Å². The van der Waals surface area contributed by atoms with Gasteiger partial charge in [0.05, 0.1) is 0 Å². The Kier molecular flexibility index (Phi) is 2.07. The predicted molar refractivity (Wildman–Crippen MR) is 46.0 cm³/mol. The molecule has 1 fully saturated rings. The highest BCUT2D eigenvalue weighted by Gasteiger charge is 2.35. The first-order valence-corrected chi connectivity index (χ1v) is 4.54. The summed E-state index contributed by atoms with van der Waals surface area (Å²) < 4.78 is 0. The third kappa shape index (κ3) is 1.36. The number of hydrogen-bond donors (Lipinski definition) is 0. The first-order chi connectivity index (χ1) is 4.54. The minimum Gasteiger partial charge on any atom is -0.0625 e. The Morgan fingerprint density at radius 1 is 1.40 bits per heavy atom. The molecule has 0 spiro atoms. The smallest absolute Gasteiger partial charge is 0.0300 e. The van der Waals surface area contributed by atoms with Crippen LogP contribution in [0.2, 0.25) is 0 Å². The van der Waals surface area contributed by atoms with Crippen LogP contribution in [0.25, 0.3) is 0 Å². The fraction of sp³-hybridized carbons (Fsp3) is 1.00. The summed E-state index contributed by atoms with van der Waals surface area (Å²) in [5.41, 5.74) is 0.666. The molecule has 0 radical (unpaired) electrons. The van der Waals surface area contributed by atoms with E-state index in [0.29, 0.717) is 5.41 Å². The van der Waals surface area contributed by atoms with Gasteiger partial charge in [-0.2, -0.15) is 0 Å². The van der Waals surface area contributed by atoms with Crippen LogP contribution in [0.3, 0.4) is 0 Å². The van der Waals surface area contributed by atoms with Crippen LogP contribution in [0.5, 0.6) is 0 Å². The third-order valence-electron chi connectivity index (χ3n) is 3.42. The van der Waals surface area contributed by atoms with E-state index in [2.05, 4.69) is 27.7 Å². The molecule has 0 aliphatic heterocycles. The summed E-state index contributed by atoms with van der Waals surface area (Å²) in [5, 5.41) is 0. The molecule has 0 aromatic heterocycles. The van der Waals surface area contributed by atoms with E-state index in [1.54, 1.807) is 0 Å². The largest absolute Gasteiger partial charge is 0.0625 e. The van der Waals surface area contributed by atoms with E-state index in [9.17, 15) is 0 Å². The second-order valence-corrected chi connectivity index (χ2v) is 4.66. The van der Waals surface area contributed by atoms with E-state index < -0.39 is 0 Å². The topological polar surface area (TPSA) is 0 Å². The molecule has 0 bridgehead atoms. The van der Waals surface area contributed by atoms with Crippen molar-refractivity contribution in [3.05, 3.63) is 0 Å². The lowest BCUT2D eigenvalue weighted by atomic mass is 9.77. The van der Waals surface area contributed by atoms with Crippen LogP contribution < -0.4 is 0 Å². The lowest BCUT2D eigenvalue weighted by molar-refractivity contribution is 0.220. The standard InChI is InChI=1S/C10H20/c1-8(2)10(4)6-5-9(3)7-10/h8-9H,5-7H2,1-4H3. The third-order valence-corrected chi connectivity index (χ3v) is 3.42. The Labute approximate surface area is 65.0 Å². The van der Waals surface area contributed by atoms with E-state index in [4.69, 9.17) is 0 Å². The van der Waals surface area contributed by atoms with Gasteiger partial charge in [-0.1, -0.05) is 34.1 Å². The van der Waals surface area contributed by atoms with Gasteiger partial charge in [-0.05, 0) is 30.1 Å². The summed E-state index contributed by atoms with van der Waals surface area (Å²) in [4.78, 5) is 0. The molecule has 1 saturated carbocycles. The zero-order valence-corrected chi connectivity index (χ0v) is 7.78. The Morgan fingerprint density at radius 3 is 2.20 bits per heavy atom. The molecule has 0 aromatic rings. The van der Waals surface area contributed by atoms with Gasteiger partial charge in [0.15, 0.2) is 0 Å². The maximum absolute atomic E-state index is 2.45. The molecule has 0 heteroatoms. The minimum absolute atomic E-state index is 0.666. The van der Waals surface area contributed by atoms with Gasteiger partial charge in [-0.25, -0.2) is 0 Å². The highest BCUT2D eigenvalue weighted by molar-refractivity contribution is 4.85. The molecule has 1 rings (SSSR count). The molecule has 0 amide bonds. The molecular formula is C10H20.